The highest BCUT2D eigenvalue weighted by atomic mass is 16.5. The molecule has 0 unspecified atom stereocenters. The molecular formula is C11H15NO2. The molecular weight excluding hydrogens is 178 g/mol. The van der Waals surface area contributed by atoms with Crippen molar-refractivity contribution >= 4 is 5.91 Å². The maximum Gasteiger partial charge on any atom is 0.221 e. The van der Waals surface area contributed by atoms with Crippen molar-refractivity contribution in [3.05, 3.63) is 28.8 Å². The van der Waals surface area contributed by atoms with Gasteiger partial charge in [0.05, 0.1) is 13.5 Å². The molecule has 0 bridgehead atoms. The van der Waals surface area contributed by atoms with Gasteiger partial charge in [-0.3, -0.25) is 4.79 Å². The van der Waals surface area contributed by atoms with Crippen LogP contribution in [0.5, 0.6) is 5.75 Å². The Morgan fingerprint density at radius 2 is 2.07 bits per heavy atom. The number of primary amides is 1. The van der Waals surface area contributed by atoms with E-state index in [0.29, 0.717) is 0 Å². The van der Waals surface area contributed by atoms with E-state index in [-0.39, 0.29) is 12.3 Å². The molecule has 0 saturated carbocycles. The summed E-state index contributed by atoms with van der Waals surface area (Å²) in [4.78, 5) is 10.8. The zero-order valence-electron chi connectivity index (χ0n) is 8.76. The summed E-state index contributed by atoms with van der Waals surface area (Å²) >= 11 is 0. The van der Waals surface area contributed by atoms with Gasteiger partial charge in [-0.1, -0.05) is 6.07 Å². The number of amides is 1. The van der Waals surface area contributed by atoms with Gasteiger partial charge in [-0.05, 0) is 31.0 Å². The molecule has 1 aromatic rings. The number of nitrogens with two attached hydrogens (primary N) is 1. The minimum absolute atomic E-state index is 0.231. The van der Waals surface area contributed by atoms with Gasteiger partial charge in [0.2, 0.25) is 5.91 Å². The van der Waals surface area contributed by atoms with E-state index in [1.165, 1.54) is 0 Å². The van der Waals surface area contributed by atoms with Crippen molar-refractivity contribution in [2.24, 2.45) is 5.73 Å². The number of rotatable bonds is 3. The highest BCUT2D eigenvalue weighted by Gasteiger charge is 2.09. The van der Waals surface area contributed by atoms with E-state index in [1.54, 1.807) is 7.11 Å². The van der Waals surface area contributed by atoms with E-state index in [1.807, 2.05) is 26.0 Å². The second-order valence-electron chi connectivity index (χ2n) is 3.41. The highest BCUT2D eigenvalue weighted by Crippen LogP contribution is 2.24. The van der Waals surface area contributed by atoms with Gasteiger partial charge >= 0.3 is 0 Å². The number of hydrogen-bond donors (Lipinski definition) is 1. The Morgan fingerprint density at radius 1 is 1.43 bits per heavy atom. The van der Waals surface area contributed by atoms with Gasteiger partial charge < -0.3 is 10.5 Å². The first-order valence-electron chi connectivity index (χ1n) is 4.47. The van der Waals surface area contributed by atoms with Crippen molar-refractivity contribution in [1.82, 2.24) is 0 Å². The van der Waals surface area contributed by atoms with Crippen LogP contribution in [0.3, 0.4) is 0 Å². The van der Waals surface area contributed by atoms with Crippen molar-refractivity contribution in [2.75, 3.05) is 7.11 Å². The minimum Gasteiger partial charge on any atom is -0.496 e. The number of methoxy groups -OCH3 is 1. The molecule has 0 aromatic heterocycles. The lowest BCUT2D eigenvalue weighted by molar-refractivity contribution is -0.117. The number of carbonyl (C=O) groups is 1. The van der Waals surface area contributed by atoms with Gasteiger partial charge in [-0.15, -0.1) is 0 Å². The second kappa shape index (κ2) is 4.13. The van der Waals surface area contributed by atoms with E-state index in [0.717, 1.165) is 22.4 Å². The highest BCUT2D eigenvalue weighted by molar-refractivity contribution is 5.78. The third-order valence-corrected chi connectivity index (χ3v) is 2.15. The summed E-state index contributed by atoms with van der Waals surface area (Å²) in [6.45, 7) is 3.94. The van der Waals surface area contributed by atoms with Crippen molar-refractivity contribution in [3.63, 3.8) is 0 Å². The first kappa shape index (κ1) is 10.6. The lowest BCUT2D eigenvalue weighted by atomic mass is 10.0. The van der Waals surface area contributed by atoms with Crippen LogP contribution in [0.4, 0.5) is 0 Å². The van der Waals surface area contributed by atoms with Crippen molar-refractivity contribution in [2.45, 2.75) is 20.3 Å². The minimum atomic E-state index is -0.338. The van der Waals surface area contributed by atoms with E-state index >= 15 is 0 Å². The molecule has 0 saturated heterocycles. The molecule has 3 heteroatoms. The van der Waals surface area contributed by atoms with Gasteiger partial charge in [0.25, 0.3) is 0 Å². The number of ether oxygens (including phenoxy) is 1. The Labute approximate surface area is 83.9 Å². The van der Waals surface area contributed by atoms with E-state index in [9.17, 15) is 4.79 Å². The molecule has 1 amide bonds. The summed E-state index contributed by atoms with van der Waals surface area (Å²) in [6.07, 6.45) is 0.231. The summed E-state index contributed by atoms with van der Waals surface area (Å²) in [7, 11) is 1.60. The van der Waals surface area contributed by atoms with E-state index in [4.69, 9.17) is 10.5 Å². The Morgan fingerprint density at radius 3 is 2.57 bits per heavy atom. The maximum atomic E-state index is 10.8. The normalized spacial score (nSPS) is 9.93. The molecule has 0 radical (unpaired) electrons. The van der Waals surface area contributed by atoms with Crippen LogP contribution in [-0.4, -0.2) is 13.0 Å². The van der Waals surface area contributed by atoms with Crippen molar-refractivity contribution in [1.29, 1.82) is 0 Å². The Balaban J connectivity index is 3.18. The molecule has 0 heterocycles. The first-order chi connectivity index (χ1) is 6.54. The van der Waals surface area contributed by atoms with Gasteiger partial charge in [0.15, 0.2) is 0 Å². The number of hydrogen-bond acceptors (Lipinski definition) is 2. The lowest BCUT2D eigenvalue weighted by Crippen LogP contribution is -2.15. The molecule has 0 aliphatic heterocycles. The van der Waals surface area contributed by atoms with Crippen molar-refractivity contribution < 1.29 is 9.53 Å². The van der Waals surface area contributed by atoms with Crippen LogP contribution in [0.15, 0.2) is 12.1 Å². The number of aryl methyl sites for hydroxylation is 2. The lowest BCUT2D eigenvalue weighted by Gasteiger charge is -2.11. The third kappa shape index (κ3) is 2.25. The average molecular weight is 193 g/mol. The van der Waals surface area contributed by atoms with Crippen LogP contribution >= 0.6 is 0 Å². The predicted molar refractivity (Wildman–Crippen MR) is 55.4 cm³/mol. The topological polar surface area (TPSA) is 52.3 Å². The molecule has 0 aliphatic carbocycles. The van der Waals surface area contributed by atoms with Crippen LogP contribution < -0.4 is 10.5 Å². The quantitative estimate of drug-likeness (QED) is 0.787. The zero-order chi connectivity index (χ0) is 10.7. The van der Waals surface area contributed by atoms with E-state index < -0.39 is 0 Å². The smallest absolute Gasteiger partial charge is 0.221 e. The fourth-order valence-electron chi connectivity index (χ4n) is 1.54. The SMILES string of the molecule is COc1cc(C)cc(C)c1CC(N)=O. The summed E-state index contributed by atoms with van der Waals surface area (Å²) in [5, 5.41) is 0. The van der Waals surface area contributed by atoms with E-state index in [2.05, 4.69) is 0 Å². The Kier molecular flexibility index (Phi) is 3.12. The van der Waals surface area contributed by atoms with Gasteiger partial charge in [0, 0.05) is 5.56 Å². The van der Waals surface area contributed by atoms with Crippen molar-refractivity contribution in [3.8, 4) is 5.75 Å². The summed E-state index contributed by atoms with van der Waals surface area (Å²) in [6, 6.07) is 3.92. The molecule has 0 aliphatic rings. The standard InChI is InChI=1S/C11H15NO2/c1-7-4-8(2)9(6-11(12)13)10(5-7)14-3/h4-5H,6H2,1-3H3,(H2,12,13). The summed E-state index contributed by atoms with van der Waals surface area (Å²) in [5.74, 6) is 0.400. The molecule has 14 heavy (non-hydrogen) atoms. The van der Waals surface area contributed by atoms with Gasteiger partial charge in [-0.2, -0.15) is 0 Å². The maximum absolute atomic E-state index is 10.8. The average Bonchev–Trinajstić information content (AvgIpc) is 2.08. The molecule has 76 valence electrons. The van der Waals surface area contributed by atoms with Gasteiger partial charge in [0.1, 0.15) is 5.75 Å². The summed E-state index contributed by atoms with van der Waals surface area (Å²) in [5.41, 5.74) is 8.20. The van der Waals surface area contributed by atoms with Crippen LogP contribution in [0, 0.1) is 13.8 Å². The predicted octanol–water partition coefficient (Wildman–Crippen LogP) is 1.34. The zero-order valence-corrected chi connectivity index (χ0v) is 8.76. The number of carbonyl (C=O) groups excluding carboxylic acids is 1. The molecule has 3 nitrogen and oxygen atoms in total. The van der Waals surface area contributed by atoms with Crippen LogP contribution in [0.25, 0.3) is 0 Å². The Hall–Kier alpha value is -1.51. The monoisotopic (exact) mass is 193 g/mol. The van der Waals surface area contributed by atoms with Crippen LogP contribution in [-0.2, 0) is 11.2 Å². The third-order valence-electron chi connectivity index (χ3n) is 2.15. The largest absolute Gasteiger partial charge is 0.496 e. The summed E-state index contributed by atoms with van der Waals surface area (Å²) < 4.78 is 5.20. The number of benzene rings is 1. The molecule has 0 spiro atoms. The molecule has 0 fully saturated rings. The van der Waals surface area contributed by atoms with Crippen LogP contribution in [0.2, 0.25) is 0 Å². The van der Waals surface area contributed by atoms with Gasteiger partial charge in [-0.25, -0.2) is 0 Å². The molecule has 0 atom stereocenters. The fraction of sp³-hybridized carbons (Fsp3) is 0.364. The molecule has 1 rings (SSSR count). The second-order valence-corrected chi connectivity index (χ2v) is 3.41. The fourth-order valence-corrected chi connectivity index (χ4v) is 1.54. The molecule has 1 aromatic carbocycles. The Bertz CT molecular complexity index is 359. The molecule has 2 N–H and O–H groups in total. The van der Waals surface area contributed by atoms with Crippen LogP contribution in [0.1, 0.15) is 16.7 Å². The first-order valence-corrected chi connectivity index (χ1v) is 4.47.